The molecule has 70 heavy (non-hydrogen) atoms. The van der Waals surface area contributed by atoms with Gasteiger partial charge < -0.3 is 20.3 Å². The zero-order chi connectivity index (χ0) is 50.7. The molecular formula is C64H119NO5. The van der Waals surface area contributed by atoms with Gasteiger partial charge in [0.15, 0.2) is 0 Å². The van der Waals surface area contributed by atoms with Gasteiger partial charge in [-0.25, -0.2) is 0 Å². The Bertz CT molecular complexity index is 1180. The number of unbranched alkanes of at least 4 members (excludes halogenated alkanes) is 39. The number of aliphatic hydroxyl groups excluding tert-OH is 2. The second-order valence-electron chi connectivity index (χ2n) is 21.1. The van der Waals surface area contributed by atoms with Crippen molar-refractivity contribution in [2.75, 3.05) is 13.2 Å². The molecule has 0 heterocycles. The third-order valence-electron chi connectivity index (χ3n) is 14.1. The second-order valence-corrected chi connectivity index (χ2v) is 21.1. The summed E-state index contributed by atoms with van der Waals surface area (Å²) in [4.78, 5) is 24.6. The number of amides is 1. The summed E-state index contributed by atoms with van der Waals surface area (Å²) in [6.07, 6.45) is 75.4. The van der Waals surface area contributed by atoms with Crippen molar-refractivity contribution < 1.29 is 24.5 Å². The van der Waals surface area contributed by atoms with Gasteiger partial charge in [0.05, 0.1) is 25.4 Å². The molecule has 3 N–H and O–H groups in total. The normalized spacial score (nSPS) is 12.9. The highest BCUT2D eigenvalue weighted by molar-refractivity contribution is 5.76. The summed E-state index contributed by atoms with van der Waals surface area (Å²) < 4.78 is 5.46. The van der Waals surface area contributed by atoms with Crippen molar-refractivity contribution in [2.45, 2.75) is 334 Å². The van der Waals surface area contributed by atoms with E-state index in [1.807, 2.05) is 0 Å². The Morgan fingerprint density at radius 2 is 0.757 bits per heavy atom. The minimum absolute atomic E-state index is 0.0212. The number of esters is 1. The van der Waals surface area contributed by atoms with Crippen LogP contribution in [0, 0.1) is 0 Å². The summed E-state index contributed by atoms with van der Waals surface area (Å²) in [7, 11) is 0. The lowest BCUT2D eigenvalue weighted by Crippen LogP contribution is -2.45. The van der Waals surface area contributed by atoms with E-state index in [9.17, 15) is 19.8 Å². The standard InChI is InChI=1S/C64H119NO5/c1-3-5-7-9-11-13-15-17-19-24-28-32-36-40-44-48-52-56-62(67)61(60-66)65-63(68)57-53-49-45-41-37-33-29-26-22-21-23-27-31-35-39-43-47-51-55-59-70-64(69)58-54-50-46-42-38-34-30-25-20-18-16-14-12-10-8-6-4-2/h12,14,18,20,27,31,35,39,61-62,66-67H,3-11,13,15-17,19,21-26,28-30,32-34,36-38,40-60H2,1-2H3,(H,65,68)/b14-12-,20-18-,31-27-,39-35-. The van der Waals surface area contributed by atoms with E-state index in [-0.39, 0.29) is 18.5 Å². The summed E-state index contributed by atoms with van der Waals surface area (Å²) in [5, 5.41) is 23.3. The number of carbonyl (C=O) groups excluding carboxylic acids is 2. The van der Waals surface area contributed by atoms with Gasteiger partial charge in [0.2, 0.25) is 5.91 Å². The third kappa shape index (κ3) is 55.1. The van der Waals surface area contributed by atoms with Crippen molar-refractivity contribution in [1.82, 2.24) is 5.32 Å². The number of hydrogen-bond acceptors (Lipinski definition) is 5. The van der Waals surface area contributed by atoms with Gasteiger partial charge in [-0.3, -0.25) is 9.59 Å². The first-order chi connectivity index (χ1) is 34.5. The van der Waals surface area contributed by atoms with E-state index in [1.54, 1.807) is 0 Å². The van der Waals surface area contributed by atoms with Crippen LogP contribution in [0.4, 0.5) is 0 Å². The van der Waals surface area contributed by atoms with Crippen molar-refractivity contribution in [1.29, 1.82) is 0 Å². The fourth-order valence-electron chi connectivity index (χ4n) is 9.37. The highest BCUT2D eigenvalue weighted by Gasteiger charge is 2.20. The van der Waals surface area contributed by atoms with Gasteiger partial charge in [-0.2, -0.15) is 0 Å². The van der Waals surface area contributed by atoms with E-state index in [2.05, 4.69) is 67.8 Å². The minimum Gasteiger partial charge on any atom is -0.466 e. The minimum atomic E-state index is -0.672. The van der Waals surface area contributed by atoms with Crippen LogP contribution >= 0.6 is 0 Å². The predicted molar refractivity (Wildman–Crippen MR) is 306 cm³/mol. The molecular weight excluding hydrogens is 863 g/mol. The Morgan fingerprint density at radius 3 is 1.20 bits per heavy atom. The van der Waals surface area contributed by atoms with E-state index in [0.29, 0.717) is 25.9 Å². The van der Waals surface area contributed by atoms with Crippen LogP contribution in [0.25, 0.3) is 0 Å². The number of allylic oxidation sites excluding steroid dienone is 8. The second kappa shape index (κ2) is 59.4. The summed E-state index contributed by atoms with van der Waals surface area (Å²) >= 11 is 0. The van der Waals surface area contributed by atoms with Crippen molar-refractivity contribution in [3.8, 4) is 0 Å². The zero-order valence-electron chi connectivity index (χ0n) is 46.7. The van der Waals surface area contributed by atoms with Gasteiger partial charge in [0, 0.05) is 12.8 Å². The first-order valence-corrected chi connectivity index (χ1v) is 30.9. The van der Waals surface area contributed by atoms with E-state index >= 15 is 0 Å². The molecule has 0 spiro atoms. The first kappa shape index (κ1) is 67.8. The molecule has 0 radical (unpaired) electrons. The molecule has 410 valence electrons. The molecule has 6 nitrogen and oxygen atoms in total. The average Bonchev–Trinajstić information content (AvgIpc) is 3.36. The molecule has 0 aromatic heterocycles. The molecule has 2 unspecified atom stereocenters. The van der Waals surface area contributed by atoms with Gasteiger partial charge >= 0.3 is 5.97 Å². The van der Waals surface area contributed by atoms with Crippen molar-refractivity contribution in [2.24, 2.45) is 0 Å². The van der Waals surface area contributed by atoms with Crippen LogP contribution in [0.2, 0.25) is 0 Å². The van der Waals surface area contributed by atoms with Crippen molar-refractivity contribution in [3.05, 3.63) is 48.6 Å². The topological polar surface area (TPSA) is 95.9 Å². The molecule has 0 aromatic carbocycles. The fourth-order valence-corrected chi connectivity index (χ4v) is 9.37. The van der Waals surface area contributed by atoms with E-state index < -0.39 is 12.1 Å². The van der Waals surface area contributed by atoms with Gasteiger partial charge in [-0.1, -0.05) is 268 Å². The van der Waals surface area contributed by atoms with Crippen LogP contribution in [0.1, 0.15) is 322 Å². The lowest BCUT2D eigenvalue weighted by atomic mass is 10.0. The smallest absolute Gasteiger partial charge is 0.305 e. The highest BCUT2D eigenvalue weighted by Crippen LogP contribution is 2.17. The Kier molecular flexibility index (Phi) is 57.5. The van der Waals surface area contributed by atoms with E-state index in [1.165, 1.54) is 212 Å². The van der Waals surface area contributed by atoms with Gasteiger partial charge in [0.1, 0.15) is 0 Å². The van der Waals surface area contributed by atoms with Crippen LogP contribution in [0.15, 0.2) is 48.6 Å². The average molecular weight is 983 g/mol. The molecule has 0 bridgehead atoms. The Morgan fingerprint density at radius 1 is 0.414 bits per heavy atom. The molecule has 0 aliphatic carbocycles. The van der Waals surface area contributed by atoms with Gasteiger partial charge in [0.25, 0.3) is 0 Å². The zero-order valence-corrected chi connectivity index (χ0v) is 46.7. The van der Waals surface area contributed by atoms with Crippen LogP contribution in [0.5, 0.6) is 0 Å². The maximum absolute atomic E-state index is 12.5. The number of aliphatic hydroxyl groups is 2. The van der Waals surface area contributed by atoms with Crippen LogP contribution in [-0.4, -0.2) is 47.4 Å². The quantitative estimate of drug-likeness (QED) is 0.0244. The van der Waals surface area contributed by atoms with Crippen molar-refractivity contribution in [3.63, 3.8) is 0 Å². The maximum Gasteiger partial charge on any atom is 0.305 e. The Hall–Kier alpha value is -2.18. The molecule has 0 saturated carbocycles. The maximum atomic E-state index is 12.5. The summed E-state index contributed by atoms with van der Waals surface area (Å²) in [6, 6.07) is -0.551. The lowest BCUT2D eigenvalue weighted by Gasteiger charge is -2.22. The highest BCUT2D eigenvalue weighted by atomic mass is 16.5. The first-order valence-electron chi connectivity index (χ1n) is 30.9. The number of carbonyl (C=O) groups is 2. The number of ether oxygens (including phenoxy) is 1. The fraction of sp³-hybridized carbons (Fsp3) is 0.844. The largest absolute Gasteiger partial charge is 0.466 e. The van der Waals surface area contributed by atoms with Gasteiger partial charge in [-0.15, -0.1) is 0 Å². The Labute approximate surface area is 436 Å². The molecule has 1 amide bonds. The SMILES string of the molecule is CCCCC/C=C\C/C=C\CCCCCCCCCC(=O)OCCCCC/C=C\C=C/CCCCCCCCCCCCC(=O)NC(CO)C(O)CCCCCCCCCCCCCCCCCCC. The third-order valence-corrected chi connectivity index (χ3v) is 14.1. The van der Waals surface area contributed by atoms with Gasteiger partial charge in [-0.05, 0) is 89.9 Å². The molecule has 0 fully saturated rings. The number of nitrogens with one attached hydrogen (secondary N) is 1. The molecule has 0 aromatic rings. The molecule has 2 atom stereocenters. The van der Waals surface area contributed by atoms with Crippen LogP contribution in [-0.2, 0) is 14.3 Å². The number of hydrogen-bond donors (Lipinski definition) is 3. The summed E-state index contributed by atoms with van der Waals surface area (Å²) in [5.41, 5.74) is 0. The monoisotopic (exact) mass is 982 g/mol. The number of rotatable bonds is 57. The molecule has 0 saturated heterocycles. The summed E-state index contributed by atoms with van der Waals surface area (Å²) in [6.45, 7) is 4.90. The van der Waals surface area contributed by atoms with E-state index in [4.69, 9.17) is 4.74 Å². The predicted octanol–water partition coefficient (Wildman–Crippen LogP) is 19.4. The Balaban J connectivity index is 3.48. The van der Waals surface area contributed by atoms with Crippen LogP contribution < -0.4 is 5.32 Å². The molecule has 0 rings (SSSR count). The lowest BCUT2D eigenvalue weighted by molar-refractivity contribution is -0.143. The molecule has 0 aliphatic rings. The summed E-state index contributed by atoms with van der Waals surface area (Å²) in [5.74, 6) is -0.0649. The molecule has 0 aliphatic heterocycles. The molecule has 6 heteroatoms. The van der Waals surface area contributed by atoms with Crippen LogP contribution in [0.3, 0.4) is 0 Å². The van der Waals surface area contributed by atoms with E-state index in [0.717, 1.165) is 77.0 Å². The van der Waals surface area contributed by atoms with Crippen molar-refractivity contribution >= 4 is 11.9 Å².